The highest BCUT2D eigenvalue weighted by Gasteiger charge is 2.35. The van der Waals surface area contributed by atoms with Crippen LogP contribution in [-0.4, -0.2) is 39.8 Å². The van der Waals surface area contributed by atoms with Crippen molar-refractivity contribution < 1.29 is 14.6 Å². The number of aryl methyl sites for hydroxylation is 1. The van der Waals surface area contributed by atoms with E-state index in [0.29, 0.717) is 30.3 Å². The predicted molar refractivity (Wildman–Crippen MR) is 134 cm³/mol. The molecule has 1 amide bonds. The number of hydrogen-bond donors (Lipinski definition) is 1. The van der Waals surface area contributed by atoms with E-state index in [1.807, 2.05) is 77.1 Å². The standard InChI is InChI=1S/C27H26ClN3O3/c1-18-13-22(11-12-23(18)28)34-17-21(32)16-31-25-10-6-5-9-24(25)29-27(31)19-14-26(33)30(15-19)20-7-3-2-4-8-20/h2-13,19,21,32H,14-17H2,1H3. The molecule has 1 aromatic heterocycles. The number of aliphatic hydroxyl groups is 1. The first kappa shape index (κ1) is 22.4. The highest BCUT2D eigenvalue weighted by Crippen LogP contribution is 2.33. The second-order valence-corrected chi connectivity index (χ2v) is 9.09. The number of amides is 1. The number of hydrogen-bond acceptors (Lipinski definition) is 4. The predicted octanol–water partition coefficient (Wildman–Crippen LogP) is 4.96. The van der Waals surface area contributed by atoms with Crippen LogP contribution in [0.2, 0.25) is 5.02 Å². The number of para-hydroxylation sites is 3. The topological polar surface area (TPSA) is 67.6 Å². The molecule has 4 aromatic rings. The molecule has 1 fully saturated rings. The molecule has 0 saturated carbocycles. The number of anilines is 1. The van der Waals surface area contributed by atoms with E-state index in [4.69, 9.17) is 21.3 Å². The summed E-state index contributed by atoms with van der Waals surface area (Å²) >= 11 is 6.09. The van der Waals surface area contributed by atoms with E-state index in [0.717, 1.165) is 28.1 Å². The summed E-state index contributed by atoms with van der Waals surface area (Å²) in [4.78, 5) is 19.5. The fraction of sp³-hybridized carbons (Fsp3) is 0.259. The Morgan fingerprint density at radius 2 is 1.88 bits per heavy atom. The van der Waals surface area contributed by atoms with Crippen LogP contribution in [0.3, 0.4) is 0 Å². The Balaban J connectivity index is 1.37. The molecule has 1 N–H and O–H groups in total. The van der Waals surface area contributed by atoms with Crippen LogP contribution >= 0.6 is 11.6 Å². The van der Waals surface area contributed by atoms with E-state index in [1.54, 1.807) is 12.1 Å². The van der Waals surface area contributed by atoms with E-state index in [1.165, 1.54) is 0 Å². The van der Waals surface area contributed by atoms with Gasteiger partial charge in [0.15, 0.2) is 0 Å². The number of carbonyl (C=O) groups is 1. The summed E-state index contributed by atoms with van der Waals surface area (Å²) in [7, 11) is 0. The van der Waals surface area contributed by atoms with Crippen molar-refractivity contribution in [3.63, 3.8) is 0 Å². The molecule has 0 radical (unpaired) electrons. The van der Waals surface area contributed by atoms with E-state index in [-0.39, 0.29) is 18.4 Å². The molecule has 0 bridgehead atoms. The molecule has 1 aliphatic heterocycles. The van der Waals surface area contributed by atoms with Gasteiger partial charge in [-0.2, -0.15) is 0 Å². The van der Waals surface area contributed by atoms with Crippen LogP contribution in [0.25, 0.3) is 11.0 Å². The van der Waals surface area contributed by atoms with Crippen molar-refractivity contribution in [1.29, 1.82) is 0 Å². The van der Waals surface area contributed by atoms with Gasteiger partial charge in [-0.05, 0) is 55.0 Å². The van der Waals surface area contributed by atoms with Gasteiger partial charge in [-0.15, -0.1) is 0 Å². The van der Waals surface area contributed by atoms with Crippen LogP contribution in [0, 0.1) is 6.92 Å². The Kier molecular flexibility index (Phi) is 6.26. The number of benzene rings is 3. The van der Waals surface area contributed by atoms with Gasteiger partial charge in [0.25, 0.3) is 0 Å². The molecule has 0 spiro atoms. The lowest BCUT2D eigenvalue weighted by Gasteiger charge is -2.19. The Hall–Kier alpha value is -3.35. The van der Waals surface area contributed by atoms with E-state index in [2.05, 4.69) is 0 Å². The maximum atomic E-state index is 12.8. The minimum atomic E-state index is -0.755. The number of halogens is 1. The zero-order valence-electron chi connectivity index (χ0n) is 18.9. The van der Waals surface area contributed by atoms with Crippen molar-refractivity contribution in [2.45, 2.75) is 31.9 Å². The summed E-state index contributed by atoms with van der Waals surface area (Å²) in [5.41, 5.74) is 3.60. The highest BCUT2D eigenvalue weighted by molar-refractivity contribution is 6.31. The number of fused-ring (bicyclic) bond motifs is 1. The lowest BCUT2D eigenvalue weighted by Crippen LogP contribution is -2.26. The van der Waals surface area contributed by atoms with Crippen molar-refractivity contribution in [3.8, 4) is 5.75 Å². The maximum absolute atomic E-state index is 12.8. The van der Waals surface area contributed by atoms with Crippen molar-refractivity contribution >= 4 is 34.2 Å². The van der Waals surface area contributed by atoms with Crippen molar-refractivity contribution in [1.82, 2.24) is 9.55 Å². The molecule has 2 heterocycles. The van der Waals surface area contributed by atoms with Crippen LogP contribution in [0.5, 0.6) is 5.75 Å². The lowest BCUT2D eigenvalue weighted by atomic mass is 10.1. The molecule has 2 unspecified atom stereocenters. The van der Waals surface area contributed by atoms with Crippen LogP contribution in [0.4, 0.5) is 5.69 Å². The minimum absolute atomic E-state index is 0.0628. The second-order valence-electron chi connectivity index (χ2n) is 8.69. The van der Waals surface area contributed by atoms with Crippen molar-refractivity contribution in [3.05, 3.63) is 89.2 Å². The van der Waals surface area contributed by atoms with Gasteiger partial charge in [-0.25, -0.2) is 4.98 Å². The average molecular weight is 476 g/mol. The average Bonchev–Trinajstić information content (AvgIpc) is 3.41. The SMILES string of the molecule is Cc1cc(OCC(O)Cn2c(C3CC(=O)N(c4ccccc4)C3)nc3ccccc32)ccc1Cl. The van der Waals surface area contributed by atoms with Gasteiger partial charge in [0.2, 0.25) is 5.91 Å². The minimum Gasteiger partial charge on any atom is -0.491 e. The summed E-state index contributed by atoms with van der Waals surface area (Å²) in [5.74, 6) is 1.50. The van der Waals surface area contributed by atoms with Crippen LogP contribution in [-0.2, 0) is 11.3 Å². The van der Waals surface area contributed by atoms with Gasteiger partial charge in [0.1, 0.15) is 24.3 Å². The van der Waals surface area contributed by atoms with Gasteiger partial charge in [0.05, 0.1) is 17.6 Å². The zero-order valence-corrected chi connectivity index (χ0v) is 19.7. The maximum Gasteiger partial charge on any atom is 0.227 e. The molecule has 7 heteroatoms. The molecule has 0 aliphatic carbocycles. The van der Waals surface area contributed by atoms with Crippen LogP contribution in [0.15, 0.2) is 72.8 Å². The monoisotopic (exact) mass is 475 g/mol. The number of aromatic nitrogens is 2. The summed E-state index contributed by atoms with van der Waals surface area (Å²) in [6.07, 6.45) is -0.371. The first-order valence-electron chi connectivity index (χ1n) is 11.4. The molecule has 1 aliphatic rings. The van der Waals surface area contributed by atoms with Gasteiger partial charge >= 0.3 is 0 Å². The number of ether oxygens (including phenoxy) is 1. The molecule has 174 valence electrons. The molecule has 5 rings (SSSR count). The normalized spacial score (nSPS) is 16.9. The van der Waals surface area contributed by atoms with Crippen LogP contribution in [0.1, 0.15) is 23.7 Å². The Morgan fingerprint density at radius 3 is 2.68 bits per heavy atom. The Bertz CT molecular complexity index is 1320. The highest BCUT2D eigenvalue weighted by atomic mass is 35.5. The number of imidazole rings is 1. The fourth-order valence-corrected chi connectivity index (χ4v) is 4.62. The molecule has 34 heavy (non-hydrogen) atoms. The summed E-state index contributed by atoms with van der Waals surface area (Å²) in [5, 5.41) is 11.5. The molecule has 3 aromatic carbocycles. The summed E-state index contributed by atoms with van der Waals surface area (Å²) in [6, 6.07) is 23.0. The molecule has 6 nitrogen and oxygen atoms in total. The van der Waals surface area contributed by atoms with Crippen molar-refractivity contribution in [2.24, 2.45) is 0 Å². The first-order chi connectivity index (χ1) is 16.5. The number of nitrogens with zero attached hydrogens (tertiary/aromatic N) is 3. The van der Waals surface area contributed by atoms with E-state index >= 15 is 0 Å². The number of aliphatic hydroxyl groups excluding tert-OH is 1. The number of carbonyl (C=O) groups excluding carboxylic acids is 1. The smallest absolute Gasteiger partial charge is 0.227 e. The summed E-state index contributed by atoms with van der Waals surface area (Å²) in [6.45, 7) is 2.92. The third kappa shape index (κ3) is 4.52. The van der Waals surface area contributed by atoms with E-state index in [9.17, 15) is 9.90 Å². The fourth-order valence-electron chi connectivity index (χ4n) is 4.50. The largest absolute Gasteiger partial charge is 0.491 e. The molecule has 2 atom stereocenters. The quantitative estimate of drug-likeness (QED) is 0.410. The first-order valence-corrected chi connectivity index (χ1v) is 11.7. The third-order valence-electron chi connectivity index (χ3n) is 6.21. The van der Waals surface area contributed by atoms with Crippen LogP contribution < -0.4 is 9.64 Å². The molecular weight excluding hydrogens is 450 g/mol. The Labute approximate surface area is 203 Å². The molecular formula is C27H26ClN3O3. The second kappa shape index (κ2) is 9.49. The van der Waals surface area contributed by atoms with Gasteiger partial charge in [-0.3, -0.25) is 4.79 Å². The zero-order chi connectivity index (χ0) is 23.7. The van der Waals surface area contributed by atoms with Gasteiger partial charge in [0, 0.05) is 29.6 Å². The lowest BCUT2D eigenvalue weighted by molar-refractivity contribution is -0.117. The third-order valence-corrected chi connectivity index (χ3v) is 6.63. The number of rotatable bonds is 7. The Morgan fingerprint density at radius 1 is 1.12 bits per heavy atom. The van der Waals surface area contributed by atoms with E-state index < -0.39 is 6.10 Å². The van der Waals surface area contributed by atoms with Gasteiger partial charge in [-0.1, -0.05) is 41.9 Å². The summed E-state index contributed by atoms with van der Waals surface area (Å²) < 4.78 is 7.85. The molecule has 1 saturated heterocycles. The van der Waals surface area contributed by atoms with Gasteiger partial charge < -0.3 is 19.3 Å². The van der Waals surface area contributed by atoms with Crippen molar-refractivity contribution in [2.75, 3.05) is 18.1 Å².